The quantitative estimate of drug-likeness (QED) is 0.300. The number of para-hydroxylation sites is 1. The molecule has 192 valence electrons. The Morgan fingerprint density at radius 3 is 2.27 bits per heavy atom. The van der Waals surface area contributed by atoms with Crippen LogP contribution in [0.1, 0.15) is 57.5 Å². The number of carbonyl (C=O) groups is 1. The molecule has 0 aliphatic rings. The number of hydrogen-bond acceptors (Lipinski definition) is 4. The highest BCUT2D eigenvalue weighted by molar-refractivity contribution is 5.89. The van der Waals surface area contributed by atoms with Gasteiger partial charge in [-0.05, 0) is 73.4 Å². The van der Waals surface area contributed by atoms with Crippen molar-refractivity contribution in [2.24, 2.45) is 0 Å². The van der Waals surface area contributed by atoms with Gasteiger partial charge in [-0.15, -0.1) is 0 Å². The minimum Gasteiger partial charge on any atom is -0.497 e. The number of hydrogen-bond donors (Lipinski definition) is 1. The summed E-state index contributed by atoms with van der Waals surface area (Å²) < 4.78 is 6.92. The van der Waals surface area contributed by atoms with Crippen LogP contribution in [-0.4, -0.2) is 34.1 Å². The number of aromatic nitrogens is 2. The van der Waals surface area contributed by atoms with Crippen LogP contribution in [0, 0.1) is 0 Å². The van der Waals surface area contributed by atoms with Crippen LogP contribution in [0.4, 0.5) is 10.5 Å². The van der Waals surface area contributed by atoms with E-state index in [1.54, 1.807) is 22.6 Å². The summed E-state index contributed by atoms with van der Waals surface area (Å²) in [6.45, 7) is 8.65. The first-order chi connectivity index (χ1) is 17.9. The second kappa shape index (κ2) is 11.3. The van der Waals surface area contributed by atoms with Gasteiger partial charge >= 0.3 is 6.03 Å². The first-order valence-electron chi connectivity index (χ1n) is 12.7. The summed E-state index contributed by atoms with van der Waals surface area (Å²) in [7, 11) is 1.60. The molecule has 7 heteroatoms. The minimum absolute atomic E-state index is 0.176. The average molecular weight is 499 g/mol. The molecular formula is C30H34N4O3. The first-order valence-corrected chi connectivity index (χ1v) is 12.7. The van der Waals surface area contributed by atoms with E-state index in [4.69, 9.17) is 9.72 Å². The standard InChI is InChI=1S/C30H34N4O3/c1-6-27(33(7-2)30(36)31-22-14-12-21(13-15-22)20(3)4)28-32-26-11-9-8-10-25(26)29(35)34(28)23-16-18-24(37-5)19-17-23/h8-20,27H,6-7H2,1-5H3,(H,31,36). The van der Waals surface area contributed by atoms with E-state index in [1.807, 2.05) is 80.6 Å². The maximum Gasteiger partial charge on any atom is 0.322 e. The lowest BCUT2D eigenvalue weighted by molar-refractivity contribution is 0.185. The fourth-order valence-electron chi connectivity index (χ4n) is 4.55. The van der Waals surface area contributed by atoms with Gasteiger partial charge in [0.25, 0.3) is 5.56 Å². The van der Waals surface area contributed by atoms with Crippen LogP contribution < -0.4 is 15.6 Å². The zero-order valence-corrected chi connectivity index (χ0v) is 22.1. The Morgan fingerprint density at radius 1 is 1.00 bits per heavy atom. The maximum absolute atomic E-state index is 13.8. The molecule has 0 aliphatic heterocycles. The van der Waals surface area contributed by atoms with E-state index < -0.39 is 6.04 Å². The zero-order valence-electron chi connectivity index (χ0n) is 22.1. The summed E-state index contributed by atoms with van der Waals surface area (Å²) in [5.41, 5.74) is 3.03. The molecule has 1 atom stereocenters. The minimum atomic E-state index is -0.431. The third-order valence-corrected chi connectivity index (χ3v) is 6.62. The number of ether oxygens (including phenoxy) is 1. The smallest absolute Gasteiger partial charge is 0.322 e. The Kier molecular flexibility index (Phi) is 7.92. The van der Waals surface area contributed by atoms with Crippen molar-refractivity contribution in [3.05, 3.63) is 94.5 Å². The third-order valence-electron chi connectivity index (χ3n) is 6.62. The van der Waals surface area contributed by atoms with Crippen molar-refractivity contribution in [1.82, 2.24) is 14.5 Å². The fourth-order valence-corrected chi connectivity index (χ4v) is 4.55. The van der Waals surface area contributed by atoms with Crippen molar-refractivity contribution in [2.45, 2.75) is 46.1 Å². The molecule has 3 aromatic carbocycles. The van der Waals surface area contributed by atoms with Crippen molar-refractivity contribution in [3.63, 3.8) is 0 Å². The van der Waals surface area contributed by atoms with E-state index in [-0.39, 0.29) is 11.6 Å². The van der Waals surface area contributed by atoms with E-state index in [0.29, 0.717) is 47.0 Å². The van der Waals surface area contributed by atoms with Gasteiger partial charge in [-0.3, -0.25) is 9.36 Å². The lowest BCUT2D eigenvalue weighted by atomic mass is 10.0. The number of rotatable bonds is 8. The number of methoxy groups -OCH3 is 1. The predicted octanol–water partition coefficient (Wildman–Crippen LogP) is 6.52. The highest BCUT2D eigenvalue weighted by Gasteiger charge is 2.28. The molecule has 37 heavy (non-hydrogen) atoms. The molecule has 1 unspecified atom stereocenters. The van der Waals surface area contributed by atoms with Crippen LogP contribution in [-0.2, 0) is 0 Å². The molecule has 1 heterocycles. The Morgan fingerprint density at radius 2 is 1.68 bits per heavy atom. The van der Waals surface area contributed by atoms with Crippen molar-refractivity contribution in [2.75, 3.05) is 19.0 Å². The molecule has 4 rings (SSSR count). The molecule has 0 bridgehead atoms. The molecule has 0 aliphatic carbocycles. The SMILES string of the molecule is CCC(c1nc2ccccc2c(=O)n1-c1ccc(OC)cc1)N(CC)C(=O)Nc1ccc(C(C)C)cc1. The van der Waals surface area contributed by atoms with Crippen LogP contribution in [0.25, 0.3) is 16.6 Å². The molecule has 0 saturated carbocycles. The summed E-state index contributed by atoms with van der Waals surface area (Å²) in [5.74, 6) is 1.62. The van der Waals surface area contributed by atoms with Crippen molar-refractivity contribution in [1.29, 1.82) is 0 Å². The van der Waals surface area contributed by atoms with Gasteiger partial charge in [0.1, 0.15) is 11.6 Å². The number of urea groups is 1. The Hall–Kier alpha value is -4.13. The Balaban J connectivity index is 1.78. The Bertz CT molecular complexity index is 1430. The monoisotopic (exact) mass is 498 g/mol. The number of nitrogens with one attached hydrogen (secondary N) is 1. The van der Waals surface area contributed by atoms with Gasteiger partial charge in [0.2, 0.25) is 0 Å². The lowest BCUT2D eigenvalue weighted by Gasteiger charge is -2.31. The fraction of sp³-hybridized carbons (Fsp3) is 0.300. The van der Waals surface area contributed by atoms with Gasteiger partial charge in [0.15, 0.2) is 0 Å². The van der Waals surface area contributed by atoms with E-state index in [0.717, 1.165) is 5.69 Å². The summed E-state index contributed by atoms with van der Waals surface area (Å²) in [4.78, 5) is 33.9. The number of carbonyl (C=O) groups excluding carboxylic acids is 1. The van der Waals surface area contributed by atoms with Crippen LogP contribution in [0.3, 0.4) is 0 Å². The van der Waals surface area contributed by atoms with E-state index >= 15 is 0 Å². The first kappa shape index (κ1) is 25.9. The second-order valence-electron chi connectivity index (χ2n) is 9.24. The van der Waals surface area contributed by atoms with Crippen LogP contribution in [0.2, 0.25) is 0 Å². The third kappa shape index (κ3) is 5.35. The average Bonchev–Trinajstić information content (AvgIpc) is 2.92. The highest BCUT2D eigenvalue weighted by atomic mass is 16.5. The van der Waals surface area contributed by atoms with E-state index in [2.05, 4.69) is 19.2 Å². The van der Waals surface area contributed by atoms with E-state index in [9.17, 15) is 9.59 Å². The summed E-state index contributed by atoms with van der Waals surface area (Å²) in [6.07, 6.45) is 0.578. The van der Waals surface area contributed by atoms with Gasteiger partial charge in [0.05, 0.1) is 29.7 Å². The lowest BCUT2D eigenvalue weighted by Crippen LogP contribution is -2.40. The molecule has 1 aromatic heterocycles. The predicted molar refractivity (Wildman–Crippen MR) is 149 cm³/mol. The van der Waals surface area contributed by atoms with Crippen molar-refractivity contribution < 1.29 is 9.53 Å². The number of fused-ring (bicyclic) bond motifs is 1. The molecule has 2 amide bonds. The van der Waals surface area contributed by atoms with Gasteiger partial charge in [-0.2, -0.15) is 0 Å². The zero-order chi connectivity index (χ0) is 26.5. The van der Waals surface area contributed by atoms with E-state index in [1.165, 1.54) is 5.56 Å². The number of amides is 2. The molecule has 4 aromatic rings. The van der Waals surface area contributed by atoms with Crippen LogP contribution in [0.15, 0.2) is 77.6 Å². The van der Waals surface area contributed by atoms with Gasteiger partial charge in [-0.1, -0.05) is 45.0 Å². The molecule has 0 spiro atoms. The number of anilines is 1. The summed E-state index contributed by atoms with van der Waals surface area (Å²) in [6, 6.07) is 21.8. The highest BCUT2D eigenvalue weighted by Crippen LogP contribution is 2.27. The molecule has 0 saturated heterocycles. The van der Waals surface area contributed by atoms with Crippen LogP contribution in [0.5, 0.6) is 5.75 Å². The van der Waals surface area contributed by atoms with Crippen LogP contribution >= 0.6 is 0 Å². The molecular weight excluding hydrogens is 464 g/mol. The normalized spacial score (nSPS) is 11.9. The molecule has 0 radical (unpaired) electrons. The molecule has 7 nitrogen and oxygen atoms in total. The van der Waals surface area contributed by atoms with Crippen molar-refractivity contribution in [3.8, 4) is 11.4 Å². The maximum atomic E-state index is 13.8. The molecule has 0 fully saturated rings. The summed E-state index contributed by atoms with van der Waals surface area (Å²) in [5, 5.41) is 3.55. The number of nitrogens with zero attached hydrogens (tertiary/aromatic N) is 3. The van der Waals surface area contributed by atoms with Gasteiger partial charge in [-0.25, -0.2) is 9.78 Å². The largest absolute Gasteiger partial charge is 0.497 e. The molecule has 1 N–H and O–H groups in total. The second-order valence-corrected chi connectivity index (χ2v) is 9.24. The van der Waals surface area contributed by atoms with Crippen molar-refractivity contribution >= 4 is 22.6 Å². The Labute approximate surface area is 217 Å². The number of benzene rings is 3. The summed E-state index contributed by atoms with van der Waals surface area (Å²) >= 11 is 0. The van der Waals surface area contributed by atoms with Gasteiger partial charge < -0.3 is 15.0 Å². The van der Waals surface area contributed by atoms with Gasteiger partial charge in [0, 0.05) is 12.2 Å². The topological polar surface area (TPSA) is 76.5 Å².